The van der Waals surface area contributed by atoms with Gasteiger partial charge in [-0.2, -0.15) is 0 Å². The van der Waals surface area contributed by atoms with Crippen molar-refractivity contribution in [2.45, 2.75) is 6.54 Å². The number of methoxy groups -OCH3 is 1. The molecule has 138 valence electrons. The lowest BCUT2D eigenvalue weighted by Crippen LogP contribution is -2.50. The molecule has 1 fully saturated rings. The van der Waals surface area contributed by atoms with Gasteiger partial charge in [0.25, 0.3) is 0 Å². The van der Waals surface area contributed by atoms with Gasteiger partial charge in [-0.1, -0.05) is 30.3 Å². The molecule has 2 N–H and O–H groups in total. The molecule has 0 amide bonds. The third-order valence-corrected chi connectivity index (χ3v) is 4.76. The van der Waals surface area contributed by atoms with E-state index in [1.54, 1.807) is 12.1 Å². The number of phenols is 1. The van der Waals surface area contributed by atoms with Crippen molar-refractivity contribution < 1.29 is 9.84 Å². The Bertz CT molecular complexity index is 756. The zero-order valence-corrected chi connectivity index (χ0v) is 15.7. The lowest BCUT2D eigenvalue weighted by atomic mass is 10.1. The molecule has 3 rings (SSSR count). The molecule has 1 aliphatic heterocycles. The molecule has 0 saturated carbocycles. The largest absolute Gasteiger partial charge is 0.504 e. The predicted octanol–water partition coefficient (Wildman–Crippen LogP) is 3.35. The van der Waals surface area contributed by atoms with Crippen LogP contribution in [0.2, 0.25) is 5.02 Å². The fourth-order valence-electron chi connectivity index (χ4n) is 2.99. The highest BCUT2D eigenvalue weighted by Gasteiger charge is 2.17. The summed E-state index contributed by atoms with van der Waals surface area (Å²) < 4.78 is 5.16. The average molecular weight is 374 g/mol. The maximum absolute atomic E-state index is 9.71. The molecule has 0 atom stereocenters. The summed E-state index contributed by atoms with van der Waals surface area (Å²) in [6, 6.07) is 13.2. The van der Waals surface area contributed by atoms with Gasteiger partial charge in [0.05, 0.1) is 7.11 Å². The van der Waals surface area contributed by atoms with Gasteiger partial charge in [0.2, 0.25) is 0 Å². The van der Waals surface area contributed by atoms with E-state index in [2.05, 4.69) is 34.0 Å². The minimum absolute atomic E-state index is 0.125. The van der Waals surface area contributed by atoms with Crippen molar-refractivity contribution in [1.82, 2.24) is 15.3 Å². The molecule has 0 aromatic heterocycles. The third kappa shape index (κ3) is 4.69. The number of aromatic hydroxyl groups is 1. The van der Waals surface area contributed by atoms with Crippen LogP contribution in [0.3, 0.4) is 0 Å². The summed E-state index contributed by atoms with van der Waals surface area (Å²) in [6.45, 7) is 8.79. The number of hydrogen-bond acceptors (Lipinski definition) is 5. The molecular formula is C20H24ClN3O2. The molecule has 1 saturated heterocycles. The topological polar surface area (TPSA) is 48.0 Å². The number of hydrazine groups is 1. The molecule has 5 nitrogen and oxygen atoms in total. The second-order valence-electron chi connectivity index (χ2n) is 6.37. The van der Waals surface area contributed by atoms with E-state index in [9.17, 15) is 5.11 Å². The maximum Gasteiger partial charge on any atom is 0.161 e. The fourth-order valence-corrected chi connectivity index (χ4v) is 3.11. The highest BCUT2D eigenvalue weighted by atomic mass is 35.5. The molecule has 2 aromatic carbocycles. The van der Waals surface area contributed by atoms with Crippen LogP contribution in [-0.4, -0.2) is 48.3 Å². The number of rotatable bonds is 6. The number of nitrogens with one attached hydrogen (secondary N) is 1. The Morgan fingerprint density at radius 2 is 1.85 bits per heavy atom. The van der Waals surface area contributed by atoms with Gasteiger partial charge in [0.1, 0.15) is 0 Å². The molecule has 0 radical (unpaired) electrons. The van der Waals surface area contributed by atoms with Crippen LogP contribution in [0.15, 0.2) is 49.0 Å². The second kappa shape index (κ2) is 8.45. The van der Waals surface area contributed by atoms with Crippen LogP contribution in [0.4, 0.5) is 0 Å². The molecule has 0 aliphatic carbocycles. The van der Waals surface area contributed by atoms with Crippen molar-refractivity contribution in [2.75, 3.05) is 33.3 Å². The first-order valence-corrected chi connectivity index (χ1v) is 8.97. The third-order valence-electron chi connectivity index (χ3n) is 4.51. The van der Waals surface area contributed by atoms with Gasteiger partial charge in [-0.3, -0.25) is 4.90 Å². The van der Waals surface area contributed by atoms with Crippen molar-refractivity contribution in [3.05, 3.63) is 65.2 Å². The zero-order chi connectivity index (χ0) is 18.5. The molecule has 26 heavy (non-hydrogen) atoms. The Morgan fingerprint density at radius 3 is 2.50 bits per heavy atom. The van der Waals surface area contributed by atoms with Crippen molar-refractivity contribution in [1.29, 1.82) is 0 Å². The van der Waals surface area contributed by atoms with Crippen LogP contribution < -0.4 is 10.2 Å². The second-order valence-corrected chi connectivity index (χ2v) is 6.80. The minimum atomic E-state index is 0.125. The summed E-state index contributed by atoms with van der Waals surface area (Å²) in [5, 5.41) is 12.6. The molecule has 1 heterocycles. The summed E-state index contributed by atoms with van der Waals surface area (Å²) >= 11 is 5.94. The van der Waals surface area contributed by atoms with Crippen molar-refractivity contribution in [3.63, 3.8) is 0 Å². The number of hydrogen-bond donors (Lipinski definition) is 2. The Hall–Kier alpha value is -2.21. The number of nitrogens with zero attached hydrogens (tertiary/aromatic N) is 2. The van der Waals surface area contributed by atoms with Gasteiger partial charge in [-0.15, -0.1) is 0 Å². The number of ether oxygens (including phenoxy) is 1. The minimum Gasteiger partial charge on any atom is -0.504 e. The first kappa shape index (κ1) is 18.6. The smallest absolute Gasteiger partial charge is 0.161 e. The average Bonchev–Trinajstić information content (AvgIpc) is 2.65. The standard InChI is InChI=1S/C20H24ClN3O2/c1-15(17-5-8-19(25)20(13-17)26-2)22-24-11-9-23(10-12-24)14-16-3-6-18(21)7-4-16/h3-8,13,22,25H,1,9-12,14H2,2H3. The van der Waals surface area contributed by atoms with E-state index in [4.69, 9.17) is 16.3 Å². The summed E-state index contributed by atoms with van der Waals surface area (Å²) in [5.41, 5.74) is 6.31. The van der Waals surface area contributed by atoms with Crippen LogP contribution in [-0.2, 0) is 6.54 Å². The number of phenolic OH excluding ortho intramolecular Hbond substituents is 1. The lowest BCUT2D eigenvalue weighted by Gasteiger charge is -2.35. The van der Waals surface area contributed by atoms with Gasteiger partial charge in [-0.25, -0.2) is 5.01 Å². The maximum atomic E-state index is 9.71. The molecule has 6 heteroatoms. The van der Waals surface area contributed by atoms with Crippen LogP contribution >= 0.6 is 11.6 Å². The van der Waals surface area contributed by atoms with E-state index in [0.717, 1.165) is 49.0 Å². The SMILES string of the molecule is C=C(NN1CCN(Cc2ccc(Cl)cc2)CC1)c1ccc(O)c(OC)c1. The van der Waals surface area contributed by atoms with E-state index in [0.29, 0.717) is 5.75 Å². The molecule has 2 aromatic rings. The predicted molar refractivity (Wildman–Crippen MR) is 105 cm³/mol. The first-order valence-electron chi connectivity index (χ1n) is 8.60. The van der Waals surface area contributed by atoms with Crippen LogP contribution in [0.1, 0.15) is 11.1 Å². The van der Waals surface area contributed by atoms with Crippen LogP contribution in [0, 0.1) is 0 Å². The van der Waals surface area contributed by atoms with Gasteiger partial charge in [0, 0.05) is 49.0 Å². The summed E-state index contributed by atoms with van der Waals surface area (Å²) in [6.07, 6.45) is 0. The first-order chi connectivity index (χ1) is 12.5. The van der Waals surface area contributed by atoms with Crippen molar-refractivity contribution >= 4 is 17.3 Å². The number of benzene rings is 2. The Labute approximate surface area is 159 Å². The van der Waals surface area contributed by atoms with E-state index in [1.807, 2.05) is 18.2 Å². The van der Waals surface area contributed by atoms with Crippen LogP contribution in [0.5, 0.6) is 11.5 Å². The summed E-state index contributed by atoms with van der Waals surface area (Å²) in [7, 11) is 1.54. The normalized spacial score (nSPS) is 15.6. The van der Waals surface area contributed by atoms with Gasteiger partial charge < -0.3 is 15.3 Å². The van der Waals surface area contributed by atoms with E-state index in [-0.39, 0.29) is 5.75 Å². The Balaban J connectivity index is 1.50. The quantitative estimate of drug-likeness (QED) is 0.813. The number of piperazine rings is 1. The van der Waals surface area contributed by atoms with E-state index in [1.165, 1.54) is 12.7 Å². The van der Waals surface area contributed by atoms with Gasteiger partial charge >= 0.3 is 0 Å². The molecule has 0 spiro atoms. The molecule has 1 aliphatic rings. The highest BCUT2D eigenvalue weighted by molar-refractivity contribution is 6.30. The fraction of sp³-hybridized carbons (Fsp3) is 0.300. The van der Waals surface area contributed by atoms with E-state index < -0.39 is 0 Å². The molecular weight excluding hydrogens is 350 g/mol. The van der Waals surface area contributed by atoms with Crippen LogP contribution in [0.25, 0.3) is 5.70 Å². The lowest BCUT2D eigenvalue weighted by molar-refractivity contribution is 0.104. The molecule has 0 unspecified atom stereocenters. The zero-order valence-electron chi connectivity index (χ0n) is 14.9. The Morgan fingerprint density at radius 1 is 1.15 bits per heavy atom. The van der Waals surface area contributed by atoms with E-state index >= 15 is 0 Å². The number of halogens is 1. The van der Waals surface area contributed by atoms with Crippen molar-refractivity contribution in [2.24, 2.45) is 0 Å². The Kier molecular flexibility index (Phi) is 6.04. The molecule has 0 bridgehead atoms. The van der Waals surface area contributed by atoms with Crippen molar-refractivity contribution in [3.8, 4) is 11.5 Å². The summed E-state index contributed by atoms with van der Waals surface area (Å²) in [4.78, 5) is 2.42. The summed E-state index contributed by atoms with van der Waals surface area (Å²) in [5.74, 6) is 0.568. The monoisotopic (exact) mass is 373 g/mol. The van der Waals surface area contributed by atoms with Gasteiger partial charge in [0.15, 0.2) is 11.5 Å². The van der Waals surface area contributed by atoms with Gasteiger partial charge in [-0.05, 0) is 35.9 Å². The highest BCUT2D eigenvalue weighted by Crippen LogP contribution is 2.28.